The molecule has 0 saturated carbocycles. The zero-order valence-corrected chi connectivity index (χ0v) is 11.3. The number of hydrogen-bond donors (Lipinski definition) is 1. The van der Waals surface area contributed by atoms with Crippen LogP contribution in [-0.2, 0) is 6.42 Å². The largest absolute Gasteiger partial charge is 0.314 e. The molecule has 1 fully saturated rings. The van der Waals surface area contributed by atoms with E-state index in [2.05, 4.69) is 49.0 Å². The Labute approximate surface area is 109 Å². The molecule has 2 aromatic rings. The fourth-order valence-electron chi connectivity index (χ4n) is 2.52. The van der Waals surface area contributed by atoms with Crippen LogP contribution in [-0.4, -0.2) is 22.0 Å². The smallest absolute Gasteiger partial charge is 0.132 e. The topological polar surface area (TPSA) is 29.3 Å². The Balaban J connectivity index is 1.89. The second-order valence-electron chi connectivity index (χ2n) is 4.63. The van der Waals surface area contributed by atoms with Crippen molar-refractivity contribution in [2.24, 2.45) is 0 Å². The molecule has 1 saturated heterocycles. The van der Waals surface area contributed by atoms with Crippen molar-refractivity contribution in [1.82, 2.24) is 14.7 Å². The van der Waals surface area contributed by atoms with Crippen LogP contribution in [0.1, 0.15) is 25.1 Å². The molecule has 0 aromatic carbocycles. The molecule has 3 nitrogen and oxygen atoms in total. The molecule has 0 spiro atoms. The summed E-state index contributed by atoms with van der Waals surface area (Å²) in [6, 6.07) is 6.78. The maximum atomic E-state index is 4.62. The van der Waals surface area contributed by atoms with Gasteiger partial charge >= 0.3 is 0 Å². The van der Waals surface area contributed by atoms with Crippen LogP contribution in [0.2, 0.25) is 0 Å². The fraction of sp³-hybridized carbons (Fsp3) is 0.462. The lowest BCUT2D eigenvalue weighted by Crippen LogP contribution is -2.36. The van der Waals surface area contributed by atoms with Crippen LogP contribution in [0.5, 0.6) is 0 Å². The normalized spacial score (nSPS) is 20.9. The Morgan fingerprint density at radius 3 is 3.18 bits per heavy atom. The van der Waals surface area contributed by atoms with Crippen LogP contribution in [0.15, 0.2) is 29.0 Å². The Morgan fingerprint density at radius 1 is 1.41 bits per heavy atom. The summed E-state index contributed by atoms with van der Waals surface area (Å²) in [4.78, 5) is 4.62. The molecule has 1 N–H and O–H groups in total. The van der Waals surface area contributed by atoms with E-state index in [-0.39, 0.29) is 0 Å². The standard InChI is InChI=1S/C13H16BrN3/c14-13-11-6-2-4-8-17(11)12(16-13)9-10-5-1-3-7-15-10/h2,4,6,8,10,15H,1,3,5,7,9H2. The maximum absolute atomic E-state index is 4.62. The van der Waals surface area contributed by atoms with Gasteiger partial charge in [-0.15, -0.1) is 0 Å². The summed E-state index contributed by atoms with van der Waals surface area (Å²) in [6.07, 6.45) is 7.01. The number of fused-ring (bicyclic) bond motifs is 1. The number of nitrogens with zero attached hydrogens (tertiary/aromatic N) is 2. The van der Waals surface area contributed by atoms with Gasteiger partial charge in [0.15, 0.2) is 0 Å². The molecule has 0 aliphatic carbocycles. The molecule has 1 atom stereocenters. The number of rotatable bonds is 2. The van der Waals surface area contributed by atoms with Crippen LogP contribution in [0.4, 0.5) is 0 Å². The summed E-state index contributed by atoms with van der Waals surface area (Å²) in [7, 11) is 0. The zero-order chi connectivity index (χ0) is 11.7. The minimum Gasteiger partial charge on any atom is -0.314 e. The van der Waals surface area contributed by atoms with Gasteiger partial charge in [-0.3, -0.25) is 0 Å². The first-order valence-electron chi connectivity index (χ1n) is 6.19. The van der Waals surface area contributed by atoms with Crippen LogP contribution in [0, 0.1) is 0 Å². The maximum Gasteiger partial charge on any atom is 0.132 e. The molecule has 3 heterocycles. The third-order valence-electron chi connectivity index (χ3n) is 3.42. The highest BCUT2D eigenvalue weighted by atomic mass is 79.9. The monoisotopic (exact) mass is 293 g/mol. The van der Waals surface area contributed by atoms with Crippen LogP contribution in [0.3, 0.4) is 0 Å². The quantitative estimate of drug-likeness (QED) is 0.923. The van der Waals surface area contributed by atoms with Crippen molar-refractivity contribution in [1.29, 1.82) is 0 Å². The number of halogens is 1. The van der Waals surface area contributed by atoms with E-state index in [0.717, 1.165) is 28.9 Å². The summed E-state index contributed by atoms with van der Waals surface area (Å²) in [5.74, 6) is 1.15. The average Bonchev–Trinajstić information content (AvgIpc) is 2.69. The first kappa shape index (κ1) is 11.2. The van der Waals surface area contributed by atoms with Gasteiger partial charge in [0, 0.05) is 18.7 Å². The van der Waals surface area contributed by atoms with Gasteiger partial charge in [-0.2, -0.15) is 0 Å². The first-order valence-corrected chi connectivity index (χ1v) is 6.99. The minimum atomic E-state index is 0.585. The van der Waals surface area contributed by atoms with Gasteiger partial charge in [0.1, 0.15) is 10.4 Å². The van der Waals surface area contributed by atoms with Crippen LogP contribution < -0.4 is 5.32 Å². The number of hydrogen-bond acceptors (Lipinski definition) is 2. The predicted octanol–water partition coefficient (Wildman–Crippen LogP) is 2.78. The molecular weight excluding hydrogens is 278 g/mol. The fourth-order valence-corrected chi connectivity index (χ4v) is 3.05. The third-order valence-corrected chi connectivity index (χ3v) is 4.00. The summed E-state index contributed by atoms with van der Waals surface area (Å²) in [5, 5.41) is 3.57. The predicted molar refractivity (Wildman–Crippen MR) is 72.2 cm³/mol. The first-order chi connectivity index (χ1) is 8.34. The summed E-state index contributed by atoms with van der Waals surface area (Å²) in [5.41, 5.74) is 1.15. The Bertz CT molecular complexity index is 514. The van der Waals surface area contributed by atoms with Crippen molar-refractivity contribution in [3.63, 3.8) is 0 Å². The highest BCUT2D eigenvalue weighted by molar-refractivity contribution is 9.10. The van der Waals surface area contributed by atoms with E-state index < -0.39 is 0 Å². The minimum absolute atomic E-state index is 0.585. The van der Waals surface area contributed by atoms with E-state index >= 15 is 0 Å². The molecule has 1 aliphatic rings. The molecular formula is C13H16BrN3. The lowest BCUT2D eigenvalue weighted by Gasteiger charge is -2.22. The summed E-state index contributed by atoms with van der Waals surface area (Å²) in [6.45, 7) is 1.15. The Morgan fingerprint density at radius 2 is 2.35 bits per heavy atom. The van der Waals surface area contributed by atoms with E-state index in [0.29, 0.717) is 6.04 Å². The summed E-state index contributed by atoms with van der Waals surface area (Å²) < 4.78 is 3.13. The van der Waals surface area contributed by atoms with Gasteiger partial charge < -0.3 is 9.72 Å². The average molecular weight is 294 g/mol. The lowest BCUT2D eigenvalue weighted by atomic mass is 10.0. The van der Waals surface area contributed by atoms with Gasteiger partial charge in [-0.25, -0.2) is 4.98 Å². The zero-order valence-electron chi connectivity index (χ0n) is 9.69. The second kappa shape index (κ2) is 4.78. The second-order valence-corrected chi connectivity index (χ2v) is 5.38. The van der Waals surface area contributed by atoms with Crippen LogP contribution >= 0.6 is 15.9 Å². The highest BCUT2D eigenvalue weighted by Gasteiger charge is 2.16. The van der Waals surface area contributed by atoms with Gasteiger partial charge in [0.25, 0.3) is 0 Å². The van der Waals surface area contributed by atoms with Gasteiger partial charge in [0.05, 0.1) is 5.52 Å². The van der Waals surface area contributed by atoms with Crippen molar-refractivity contribution in [2.45, 2.75) is 31.7 Å². The van der Waals surface area contributed by atoms with Crippen molar-refractivity contribution < 1.29 is 0 Å². The van der Waals surface area contributed by atoms with Crippen molar-refractivity contribution in [2.75, 3.05) is 6.54 Å². The highest BCUT2D eigenvalue weighted by Crippen LogP contribution is 2.20. The SMILES string of the molecule is Brc1nc(CC2CCCCN2)n2ccccc12. The van der Waals surface area contributed by atoms with E-state index in [1.807, 2.05) is 6.07 Å². The lowest BCUT2D eigenvalue weighted by molar-refractivity contribution is 0.394. The van der Waals surface area contributed by atoms with E-state index in [4.69, 9.17) is 0 Å². The van der Waals surface area contributed by atoms with Crippen molar-refractivity contribution in [3.8, 4) is 0 Å². The molecule has 90 valence electrons. The molecule has 4 heteroatoms. The van der Waals surface area contributed by atoms with E-state index in [1.165, 1.54) is 19.3 Å². The molecule has 0 amide bonds. The molecule has 0 radical (unpaired) electrons. The number of imidazole rings is 1. The number of piperidine rings is 1. The molecule has 2 aromatic heterocycles. The number of pyridine rings is 1. The van der Waals surface area contributed by atoms with E-state index in [1.54, 1.807) is 0 Å². The number of nitrogens with one attached hydrogen (secondary N) is 1. The molecule has 1 unspecified atom stereocenters. The molecule has 17 heavy (non-hydrogen) atoms. The van der Waals surface area contributed by atoms with Crippen molar-refractivity contribution >= 4 is 21.4 Å². The summed E-state index contributed by atoms with van der Waals surface area (Å²) >= 11 is 3.53. The third kappa shape index (κ3) is 2.24. The van der Waals surface area contributed by atoms with Crippen LogP contribution in [0.25, 0.3) is 5.52 Å². The van der Waals surface area contributed by atoms with Gasteiger partial charge in [-0.05, 0) is 47.4 Å². The molecule has 3 rings (SSSR count). The number of aromatic nitrogens is 2. The van der Waals surface area contributed by atoms with Gasteiger partial charge in [0.2, 0.25) is 0 Å². The molecule has 1 aliphatic heterocycles. The Kier molecular flexibility index (Phi) is 3.16. The van der Waals surface area contributed by atoms with E-state index in [9.17, 15) is 0 Å². The van der Waals surface area contributed by atoms with Crippen molar-refractivity contribution in [3.05, 3.63) is 34.8 Å². The van der Waals surface area contributed by atoms with Gasteiger partial charge in [-0.1, -0.05) is 12.5 Å². The Hall–Kier alpha value is -0.870. The molecule has 0 bridgehead atoms.